The molecule has 0 aliphatic carbocycles. The second-order valence-corrected chi connectivity index (χ2v) is 5.16. The third kappa shape index (κ3) is 4.84. The van der Waals surface area contributed by atoms with E-state index >= 15 is 0 Å². The van der Waals surface area contributed by atoms with Gasteiger partial charge in [-0.1, -0.05) is 5.16 Å². The van der Waals surface area contributed by atoms with Crippen molar-refractivity contribution < 1.29 is 14.0 Å². The Bertz CT molecular complexity index is 804. The first kappa shape index (κ1) is 16.6. The number of hydrogen-bond donors (Lipinski definition) is 2. The second-order valence-electron chi connectivity index (χ2n) is 5.16. The molecule has 1 aromatic carbocycles. The van der Waals surface area contributed by atoms with E-state index in [1.165, 1.54) is 0 Å². The van der Waals surface area contributed by atoms with Crippen LogP contribution in [0.15, 0.2) is 47.1 Å². The maximum absolute atomic E-state index is 5.66. The van der Waals surface area contributed by atoms with Gasteiger partial charge >= 0.3 is 0 Å². The van der Waals surface area contributed by atoms with Crippen LogP contribution in [0.3, 0.4) is 0 Å². The lowest BCUT2D eigenvalue weighted by Gasteiger charge is -2.09. The second kappa shape index (κ2) is 8.00. The Morgan fingerprint density at radius 1 is 1.08 bits per heavy atom. The summed E-state index contributed by atoms with van der Waals surface area (Å²) in [6, 6.07) is 11.0. The fourth-order valence-corrected chi connectivity index (χ4v) is 2.08. The lowest BCUT2D eigenvalue weighted by molar-refractivity contribution is 0.331. The minimum absolute atomic E-state index is 0.439. The molecule has 0 saturated carbocycles. The van der Waals surface area contributed by atoms with Crippen LogP contribution in [0.1, 0.15) is 5.76 Å². The van der Waals surface area contributed by atoms with Gasteiger partial charge in [0, 0.05) is 12.3 Å². The lowest BCUT2D eigenvalue weighted by atomic mass is 10.3. The molecule has 130 valence electrons. The Morgan fingerprint density at radius 3 is 2.60 bits per heavy atom. The van der Waals surface area contributed by atoms with E-state index in [4.69, 9.17) is 14.0 Å². The summed E-state index contributed by atoms with van der Waals surface area (Å²) in [4.78, 5) is 8.51. The summed E-state index contributed by atoms with van der Waals surface area (Å²) in [5.74, 6) is 4.00. The first-order valence-corrected chi connectivity index (χ1v) is 7.77. The van der Waals surface area contributed by atoms with Gasteiger partial charge in [0.1, 0.15) is 29.7 Å². The molecule has 0 spiro atoms. The summed E-state index contributed by atoms with van der Waals surface area (Å²) < 4.78 is 15.8. The van der Waals surface area contributed by atoms with E-state index in [-0.39, 0.29) is 0 Å². The maximum atomic E-state index is 5.66. The average molecular weight is 341 g/mol. The van der Waals surface area contributed by atoms with Gasteiger partial charge in [-0.05, 0) is 37.3 Å². The number of rotatable bonds is 8. The Morgan fingerprint density at radius 2 is 1.88 bits per heavy atom. The van der Waals surface area contributed by atoms with Crippen molar-refractivity contribution in [2.75, 3.05) is 30.9 Å². The Labute approximate surface area is 145 Å². The third-order valence-electron chi connectivity index (χ3n) is 3.26. The number of nitrogens with zero attached hydrogens (tertiary/aromatic N) is 3. The van der Waals surface area contributed by atoms with Crippen molar-refractivity contribution in [2.24, 2.45) is 0 Å². The molecule has 0 unspecified atom stereocenters. The Hall–Kier alpha value is -3.29. The summed E-state index contributed by atoms with van der Waals surface area (Å²) >= 11 is 0. The van der Waals surface area contributed by atoms with E-state index in [0.717, 1.165) is 11.5 Å². The van der Waals surface area contributed by atoms with E-state index in [2.05, 4.69) is 25.8 Å². The number of anilines is 3. The summed E-state index contributed by atoms with van der Waals surface area (Å²) in [7, 11) is 1.63. The molecule has 2 N–H and O–H groups in total. The highest BCUT2D eigenvalue weighted by molar-refractivity contribution is 5.49. The van der Waals surface area contributed by atoms with Crippen LogP contribution in [0, 0.1) is 6.92 Å². The van der Waals surface area contributed by atoms with E-state index in [0.29, 0.717) is 36.5 Å². The van der Waals surface area contributed by atoms with Gasteiger partial charge in [0.15, 0.2) is 5.82 Å². The Balaban J connectivity index is 1.47. The zero-order valence-electron chi connectivity index (χ0n) is 14.0. The molecule has 25 heavy (non-hydrogen) atoms. The third-order valence-corrected chi connectivity index (χ3v) is 3.26. The molecule has 2 heterocycles. The molecule has 0 amide bonds. The smallest absolute Gasteiger partial charge is 0.230 e. The average Bonchev–Trinajstić information content (AvgIpc) is 3.04. The molecule has 0 aliphatic heterocycles. The highest BCUT2D eigenvalue weighted by atomic mass is 16.5. The van der Waals surface area contributed by atoms with Crippen LogP contribution in [0.25, 0.3) is 0 Å². The first-order chi connectivity index (χ1) is 12.2. The number of methoxy groups -OCH3 is 1. The van der Waals surface area contributed by atoms with Gasteiger partial charge in [0.05, 0.1) is 13.7 Å². The van der Waals surface area contributed by atoms with Crippen LogP contribution in [-0.2, 0) is 0 Å². The summed E-state index contributed by atoms with van der Waals surface area (Å²) in [6.45, 7) is 2.92. The molecular formula is C17H19N5O3. The molecule has 8 heteroatoms. The summed E-state index contributed by atoms with van der Waals surface area (Å²) in [5, 5.41) is 10.0. The van der Waals surface area contributed by atoms with Crippen molar-refractivity contribution in [3.63, 3.8) is 0 Å². The molecule has 2 aromatic heterocycles. The molecule has 3 aromatic rings. The van der Waals surface area contributed by atoms with Gasteiger partial charge in [-0.25, -0.2) is 4.98 Å². The number of aromatic nitrogens is 3. The number of nitrogens with one attached hydrogen (secondary N) is 2. The van der Waals surface area contributed by atoms with Crippen LogP contribution in [0.4, 0.5) is 17.6 Å². The van der Waals surface area contributed by atoms with Crippen molar-refractivity contribution in [1.82, 2.24) is 15.1 Å². The molecule has 8 nitrogen and oxygen atoms in total. The van der Waals surface area contributed by atoms with E-state index in [1.807, 2.05) is 31.2 Å². The molecular weight excluding hydrogens is 322 g/mol. The maximum Gasteiger partial charge on any atom is 0.230 e. The predicted molar refractivity (Wildman–Crippen MR) is 93.5 cm³/mol. The Kier molecular flexibility index (Phi) is 5.30. The number of ether oxygens (including phenoxy) is 2. The quantitative estimate of drug-likeness (QED) is 0.604. The predicted octanol–water partition coefficient (Wildman–Crippen LogP) is 3.02. The normalized spacial score (nSPS) is 10.3. The molecule has 0 atom stereocenters. The highest BCUT2D eigenvalue weighted by Crippen LogP contribution is 2.17. The lowest BCUT2D eigenvalue weighted by Crippen LogP contribution is -2.13. The van der Waals surface area contributed by atoms with Gasteiger partial charge in [-0.3, -0.25) is 0 Å². The van der Waals surface area contributed by atoms with Gasteiger partial charge in [-0.15, -0.1) is 0 Å². The number of benzene rings is 1. The van der Waals surface area contributed by atoms with Crippen molar-refractivity contribution in [3.8, 4) is 11.5 Å². The largest absolute Gasteiger partial charge is 0.497 e. The number of hydrogen-bond acceptors (Lipinski definition) is 8. The molecule has 0 radical (unpaired) electrons. The van der Waals surface area contributed by atoms with Gasteiger partial charge < -0.3 is 24.6 Å². The number of aryl methyl sites for hydroxylation is 1. The van der Waals surface area contributed by atoms with Crippen molar-refractivity contribution in [3.05, 3.63) is 48.4 Å². The van der Waals surface area contributed by atoms with Gasteiger partial charge in [-0.2, -0.15) is 4.98 Å². The van der Waals surface area contributed by atoms with Crippen molar-refractivity contribution in [1.29, 1.82) is 0 Å². The van der Waals surface area contributed by atoms with Crippen molar-refractivity contribution >= 4 is 17.6 Å². The molecule has 0 aliphatic rings. The van der Waals surface area contributed by atoms with Crippen LogP contribution in [-0.4, -0.2) is 35.4 Å². The first-order valence-electron chi connectivity index (χ1n) is 7.77. The molecule has 0 fully saturated rings. The minimum atomic E-state index is 0.439. The van der Waals surface area contributed by atoms with E-state index < -0.39 is 0 Å². The minimum Gasteiger partial charge on any atom is -0.497 e. The summed E-state index contributed by atoms with van der Waals surface area (Å²) in [5.41, 5.74) is 0. The zero-order valence-corrected chi connectivity index (χ0v) is 14.0. The van der Waals surface area contributed by atoms with E-state index in [9.17, 15) is 0 Å². The topological polar surface area (TPSA) is 94.3 Å². The zero-order chi connectivity index (χ0) is 17.5. The SMILES string of the molecule is COc1ccc(OCCNc2ccnc(Nc3cc(C)on3)n2)cc1. The van der Waals surface area contributed by atoms with Crippen molar-refractivity contribution in [2.45, 2.75) is 6.92 Å². The van der Waals surface area contributed by atoms with Gasteiger partial charge in [0.2, 0.25) is 5.95 Å². The highest BCUT2D eigenvalue weighted by Gasteiger charge is 2.04. The van der Waals surface area contributed by atoms with E-state index in [1.54, 1.807) is 25.4 Å². The fraction of sp³-hybridized carbons (Fsp3) is 0.235. The van der Waals surface area contributed by atoms with Crippen LogP contribution in [0.2, 0.25) is 0 Å². The monoisotopic (exact) mass is 341 g/mol. The standard InChI is InChI=1S/C17H19N5O3/c1-12-11-16(22-25-12)21-17-19-8-7-15(20-17)18-9-10-24-14-5-3-13(23-2)4-6-14/h3-8,11H,9-10H2,1-2H3,(H2,18,19,20,21,22). The molecule has 3 rings (SSSR count). The summed E-state index contributed by atoms with van der Waals surface area (Å²) in [6.07, 6.45) is 1.66. The van der Waals surface area contributed by atoms with Crippen LogP contribution < -0.4 is 20.1 Å². The van der Waals surface area contributed by atoms with Crippen LogP contribution in [0.5, 0.6) is 11.5 Å². The van der Waals surface area contributed by atoms with Gasteiger partial charge in [0.25, 0.3) is 0 Å². The fourth-order valence-electron chi connectivity index (χ4n) is 2.08. The molecule has 0 bridgehead atoms. The van der Waals surface area contributed by atoms with Crippen LogP contribution >= 0.6 is 0 Å². The molecule has 0 saturated heterocycles.